The quantitative estimate of drug-likeness (QED) is 0.891. The van der Waals surface area contributed by atoms with E-state index in [-0.39, 0.29) is 10.6 Å². The molecule has 2 N–H and O–H groups in total. The predicted molar refractivity (Wildman–Crippen MR) is 83.4 cm³/mol. The second-order valence-electron chi connectivity index (χ2n) is 4.63. The van der Waals surface area contributed by atoms with Gasteiger partial charge in [0.25, 0.3) is 0 Å². The summed E-state index contributed by atoms with van der Waals surface area (Å²) in [7, 11) is -3.31. The van der Waals surface area contributed by atoms with E-state index in [9.17, 15) is 8.42 Å². The Labute approximate surface area is 125 Å². The molecule has 2 aromatic rings. The van der Waals surface area contributed by atoms with Crippen molar-refractivity contribution in [3.8, 4) is 11.5 Å². The average Bonchev–Trinajstić information content (AvgIpc) is 2.50. The summed E-state index contributed by atoms with van der Waals surface area (Å²) in [5.41, 5.74) is 6.63. The van der Waals surface area contributed by atoms with Crippen LogP contribution in [0, 0.1) is 0 Å². The Kier molecular flexibility index (Phi) is 4.98. The maximum atomic E-state index is 12.1. The van der Waals surface area contributed by atoms with Crippen LogP contribution in [0.15, 0.2) is 53.4 Å². The first-order valence-corrected chi connectivity index (χ1v) is 8.50. The molecule has 0 aliphatic heterocycles. The predicted octanol–water partition coefficient (Wildman–Crippen LogP) is 2.77. The van der Waals surface area contributed by atoms with Gasteiger partial charge in [0.2, 0.25) is 0 Å². The molecule has 0 unspecified atom stereocenters. The fourth-order valence-electron chi connectivity index (χ4n) is 1.96. The van der Waals surface area contributed by atoms with Crippen LogP contribution in [0.4, 0.5) is 0 Å². The van der Waals surface area contributed by atoms with Gasteiger partial charge in [-0.3, -0.25) is 0 Å². The van der Waals surface area contributed by atoms with Crippen molar-refractivity contribution in [2.24, 2.45) is 5.73 Å². The van der Waals surface area contributed by atoms with Crippen LogP contribution in [0.1, 0.15) is 12.5 Å². The molecule has 0 heterocycles. The number of hydrogen-bond donors (Lipinski definition) is 1. The summed E-state index contributed by atoms with van der Waals surface area (Å²) in [5, 5.41) is 0. The number of benzene rings is 2. The fraction of sp³-hybridized carbons (Fsp3) is 0.250. The molecule has 0 aliphatic carbocycles. The highest BCUT2D eigenvalue weighted by molar-refractivity contribution is 7.91. The van der Waals surface area contributed by atoms with Crippen molar-refractivity contribution in [2.45, 2.75) is 18.2 Å². The van der Waals surface area contributed by atoms with E-state index < -0.39 is 9.84 Å². The van der Waals surface area contributed by atoms with E-state index in [1.807, 2.05) is 24.3 Å². The van der Waals surface area contributed by atoms with Gasteiger partial charge in [0.15, 0.2) is 9.84 Å². The zero-order valence-electron chi connectivity index (χ0n) is 12.0. The molecular formula is C16H19NO3S. The molecule has 0 fully saturated rings. The summed E-state index contributed by atoms with van der Waals surface area (Å²) in [6, 6.07) is 14.2. The maximum absolute atomic E-state index is 12.1. The first-order valence-electron chi connectivity index (χ1n) is 6.85. The first-order chi connectivity index (χ1) is 10.1. The van der Waals surface area contributed by atoms with Crippen LogP contribution in [0.2, 0.25) is 0 Å². The van der Waals surface area contributed by atoms with Gasteiger partial charge < -0.3 is 10.5 Å². The van der Waals surface area contributed by atoms with E-state index in [1.165, 1.54) is 0 Å². The van der Waals surface area contributed by atoms with Gasteiger partial charge in [-0.1, -0.05) is 31.2 Å². The number of sulfone groups is 1. The largest absolute Gasteiger partial charge is 0.456 e. The lowest BCUT2D eigenvalue weighted by atomic mass is 10.1. The topological polar surface area (TPSA) is 69.4 Å². The van der Waals surface area contributed by atoms with Gasteiger partial charge in [-0.05, 0) is 42.8 Å². The number of ether oxygens (including phenoxy) is 1. The summed E-state index contributed by atoms with van der Waals surface area (Å²) >= 11 is 0. The van der Waals surface area contributed by atoms with E-state index >= 15 is 0 Å². The van der Waals surface area contributed by atoms with Gasteiger partial charge in [0, 0.05) is 0 Å². The summed E-state index contributed by atoms with van der Waals surface area (Å²) < 4.78 is 29.8. The van der Waals surface area contributed by atoms with Crippen LogP contribution >= 0.6 is 0 Å². The molecular weight excluding hydrogens is 286 g/mol. The molecule has 0 spiro atoms. The van der Waals surface area contributed by atoms with Crippen molar-refractivity contribution in [1.29, 1.82) is 0 Å². The minimum absolute atomic E-state index is 0.0445. The lowest BCUT2D eigenvalue weighted by Gasteiger charge is -2.11. The molecule has 0 amide bonds. The molecule has 21 heavy (non-hydrogen) atoms. The molecule has 112 valence electrons. The number of para-hydroxylation sites is 1. The second-order valence-corrected chi connectivity index (χ2v) is 6.88. The van der Waals surface area contributed by atoms with Gasteiger partial charge in [0.05, 0.1) is 5.75 Å². The van der Waals surface area contributed by atoms with Crippen molar-refractivity contribution in [2.75, 3.05) is 12.3 Å². The SMILES string of the molecule is CCS(=O)(=O)c1ccccc1Oc1ccc(CCN)cc1. The van der Waals surface area contributed by atoms with E-state index in [0.717, 1.165) is 12.0 Å². The Morgan fingerprint density at radius 1 is 1.05 bits per heavy atom. The molecule has 0 aromatic heterocycles. The van der Waals surface area contributed by atoms with E-state index in [1.54, 1.807) is 31.2 Å². The molecule has 5 heteroatoms. The van der Waals surface area contributed by atoms with Gasteiger partial charge in [-0.25, -0.2) is 8.42 Å². The normalized spacial score (nSPS) is 11.3. The van der Waals surface area contributed by atoms with Crippen molar-refractivity contribution in [3.05, 3.63) is 54.1 Å². The molecule has 2 rings (SSSR count). The number of rotatable bonds is 6. The second kappa shape index (κ2) is 6.74. The first kappa shape index (κ1) is 15.5. The average molecular weight is 305 g/mol. The molecule has 4 nitrogen and oxygen atoms in total. The van der Waals surface area contributed by atoms with Gasteiger partial charge in [0.1, 0.15) is 16.4 Å². The third kappa shape index (κ3) is 3.83. The molecule has 0 atom stereocenters. The number of nitrogens with two attached hydrogens (primary N) is 1. The Bertz CT molecular complexity index is 694. The van der Waals surface area contributed by atoms with Gasteiger partial charge in [-0.15, -0.1) is 0 Å². The van der Waals surface area contributed by atoms with Crippen LogP contribution in [0.3, 0.4) is 0 Å². The van der Waals surface area contributed by atoms with Crippen LogP contribution in [-0.4, -0.2) is 20.7 Å². The Balaban J connectivity index is 2.28. The lowest BCUT2D eigenvalue weighted by Crippen LogP contribution is -2.05. The van der Waals surface area contributed by atoms with E-state index in [0.29, 0.717) is 18.0 Å². The van der Waals surface area contributed by atoms with Crippen molar-refractivity contribution in [1.82, 2.24) is 0 Å². The smallest absolute Gasteiger partial charge is 0.181 e. The highest BCUT2D eigenvalue weighted by Gasteiger charge is 2.17. The maximum Gasteiger partial charge on any atom is 0.181 e. The van der Waals surface area contributed by atoms with Crippen molar-refractivity contribution in [3.63, 3.8) is 0 Å². The van der Waals surface area contributed by atoms with E-state index in [4.69, 9.17) is 10.5 Å². The van der Waals surface area contributed by atoms with Crippen LogP contribution < -0.4 is 10.5 Å². The van der Waals surface area contributed by atoms with Crippen LogP contribution in [-0.2, 0) is 16.3 Å². The summed E-state index contributed by atoms with van der Waals surface area (Å²) in [4.78, 5) is 0.221. The van der Waals surface area contributed by atoms with Crippen LogP contribution in [0.5, 0.6) is 11.5 Å². The zero-order valence-corrected chi connectivity index (χ0v) is 12.8. The molecule has 2 aromatic carbocycles. The van der Waals surface area contributed by atoms with Crippen molar-refractivity contribution >= 4 is 9.84 Å². The highest BCUT2D eigenvalue weighted by atomic mass is 32.2. The molecule has 0 aliphatic rings. The minimum atomic E-state index is -3.31. The molecule has 0 saturated heterocycles. The molecule has 0 radical (unpaired) electrons. The Morgan fingerprint density at radius 3 is 2.33 bits per heavy atom. The highest BCUT2D eigenvalue weighted by Crippen LogP contribution is 2.29. The zero-order chi connectivity index (χ0) is 15.3. The third-order valence-corrected chi connectivity index (χ3v) is 4.92. The summed E-state index contributed by atoms with van der Waals surface area (Å²) in [5.74, 6) is 1.00. The number of hydrogen-bond acceptors (Lipinski definition) is 4. The van der Waals surface area contributed by atoms with Gasteiger partial charge in [-0.2, -0.15) is 0 Å². The monoisotopic (exact) mass is 305 g/mol. The van der Waals surface area contributed by atoms with Gasteiger partial charge >= 0.3 is 0 Å². The molecule has 0 saturated carbocycles. The Morgan fingerprint density at radius 2 is 1.71 bits per heavy atom. The minimum Gasteiger partial charge on any atom is -0.456 e. The van der Waals surface area contributed by atoms with Crippen molar-refractivity contribution < 1.29 is 13.2 Å². The Hall–Kier alpha value is -1.85. The summed E-state index contributed by atoms with van der Waals surface area (Å²) in [6.07, 6.45) is 0.807. The summed E-state index contributed by atoms with van der Waals surface area (Å²) in [6.45, 7) is 2.21. The standard InChI is InChI=1S/C16H19NO3S/c1-2-21(18,19)16-6-4-3-5-15(16)20-14-9-7-13(8-10-14)11-12-17/h3-10H,2,11-12,17H2,1H3. The van der Waals surface area contributed by atoms with Crippen LogP contribution in [0.25, 0.3) is 0 Å². The van der Waals surface area contributed by atoms with E-state index in [2.05, 4.69) is 0 Å². The molecule has 0 bridgehead atoms. The third-order valence-electron chi connectivity index (χ3n) is 3.15. The fourth-order valence-corrected chi connectivity index (χ4v) is 2.98. The lowest BCUT2D eigenvalue weighted by molar-refractivity contribution is 0.467.